The normalized spacial score (nSPS) is 14.3. The maximum Gasteiger partial charge on any atom is 0.353 e. The van der Waals surface area contributed by atoms with Gasteiger partial charge in [-0.2, -0.15) is 10.1 Å². The van der Waals surface area contributed by atoms with Gasteiger partial charge in [0.1, 0.15) is 4.88 Å². The minimum atomic E-state index is -1.09. The van der Waals surface area contributed by atoms with Crippen molar-refractivity contribution in [3.8, 4) is 11.5 Å². The van der Waals surface area contributed by atoms with Crippen molar-refractivity contribution in [1.29, 1.82) is 0 Å². The van der Waals surface area contributed by atoms with Crippen LogP contribution < -0.4 is 14.5 Å². The van der Waals surface area contributed by atoms with Crippen LogP contribution in [-0.4, -0.2) is 35.3 Å². The zero-order chi connectivity index (χ0) is 24.2. The van der Waals surface area contributed by atoms with Crippen LogP contribution in [0.15, 0.2) is 70.7 Å². The standard InChI is InChI=1S/C25H20N2O6S/c1-3-32-21-13-16(9-10-20(21)33-25(31)22-8-5-11-34-22)12-19-15(2)26-27(23(19)28)18-7-4-6-17(14-18)24(29)30/h4-14H,3H2,1-2H3,(H,29,30)/b19-12-. The van der Waals surface area contributed by atoms with Crippen molar-refractivity contribution < 1.29 is 29.0 Å². The predicted octanol–water partition coefficient (Wildman–Crippen LogP) is 4.87. The number of nitrogens with zero attached hydrogens (tertiary/aromatic N) is 2. The molecule has 0 saturated carbocycles. The van der Waals surface area contributed by atoms with Crippen LogP contribution in [0.2, 0.25) is 0 Å². The number of rotatable bonds is 7. The number of anilines is 1. The molecular weight excluding hydrogens is 456 g/mol. The number of carbonyl (C=O) groups excluding carboxylic acids is 2. The monoisotopic (exact) mass is 476 g/mol. The third kappa shape index (κ3) is 4.74. The van der Waals surface area contributed by atoms with Gasteiger partial charge in [-0.3, -0.25) is 4.79 Å². The largest absolute Gasteiger partial charge is 0.490 e. The number of carbonyl (C=O) groups is 3. The molecule has 2 aromatic carbocycles. The van der Waals surface area contributed by atoms with Gasteiger partial charge in [-0.1, -0.05) is 18.2 Å². The van der Waals surface area contributed by atoms with Gasteiger partial charge in [0.25, 0.3) is 5.91 Å². The van der Waals surface area contributed by atoms with Gasteiger partial charge >= 0.3 is 11.9 Å². The van der Waals surface area contributed by atoms with Crippen molar-refractivity contribution in [2.24, 2.45) is 5.10 Å². The van der Waals surface area contributed by atoms with Gasteiger partial charge in [-0.15, -0.1) is 11.3 Å². The molecule has 172 valence electrons. The molecule has 9 heteroatoms. The summed E-state index contributed by atoms with van der Waals surface area (Å²) in [6.45, 7) is 3.87. The summed E-state index contributed by atoms with van der Waals surface area (Å²) in [5.74, 6) is -1.31. The number of esters is 1. The Hall–Kier alpha value is -4.24. The Morgan fingerprint density at radius 2 is 1.94 bits per heavy atom. The quantitative estimate of drug-likeness (QED) is 0.296. The van der Waals surface area contributed by atoms with Crippen molar-refractivity contribution in [3.63, 3.8) is 0 Å². The van der Waals surface area contributed by atoms with Crippen molar-refractivity contribution >= 4 is 46.7 Å². The highest BCUT2D eigenvalue weighted by Crippen LogP contribution is 2.32. The first-order chi connectivity index (χ1) is 16.4. The van der Waals surface area contributed by atoms with E-state index in [4.69, 9.17) is 9.47 Å². The van der Waals surface area contributed by atoms with Crippen LogP contribution >= 0.6 is 11.3 Å². The van der Waals surface area contributed by atoms with Gasteiger partial charge in [0, 0.05) is 0 Å². The molecule has 0 bridgehead atoms. The van der Waals surface area contributed by atoms with E-state index in [1.807, 2.05) is 6.92 Å². The van der Waals surface area contributed by atoms with E-state index in [0.717, 1.165) is 0 Å². The molecule has 1 aromatic heterocycles. The molecule has 3 aromatic rings. The SMILES string of the molecule is CCOc1cc(/C=C2\C(=O)N(c3cccc(C(=O)O)c3)N=C2C)ccc1OC(=O)c1cccs1. The highest BCUT2D eigenvalue weighted by atomic mass is 32.1. The molecule has 0 unspecified atom stereocenters. The first-order valence-electron chi connectivity index (χ1n) is 10.3. The summed E-state index contributed by atoms with van der Waals surface area (Å²) in [7, 11) is 0. The molecule has 0 saturated heterocycles. The number of hydrogen-bond donors (Lipinski definition) is 1. The average Bonchev–Trinajstić information content (AvgIpc) is 3.46. The number of carboxylic acids is 1. The molecule has 0 spiro atoms. The smallest absolute Gasteiger partial charge is 0.353 e. The van der Waals surface area contributed by atoms with Gasteiger partial charge in [-0.05, 0) is 67.3 Å². The van der Waals surface area contributed by atoms with Crippen LogP contribution in [0.3, 0.4) is 0 Å². The molecule has 8 nitrogen and oxygen atoms in total. The van der Waals surface area contributed by atoms with E-state index in [9.17, 15) is 19.5 Å². The topological polar surface area (TPSA) is 106 Å². The zero-order valence-electron chi connectivity index (χ0n) is 18.3. The highest BCUT2D eigenvalue weighted by molar-refractivity contribution is 7.12. The summed E-state index contributed by atoms with van der Waals surface area (Å²) in [6, 6.07) is 14.5. The fourth-order valence-corrected chi connectivity index (χ4v) is 3.91. The average molecular weight is 477 g/mol. The molecule has 0 aliphatic carbocycles. The van der Waals surface area contributed by atoms with Crippen LogP contribution in [-0.2, 0) is 4.79 Å². The molecule has 2 heterocycles. The van der Waals surface area contributed by atoms with Crippen LogP contribution in [0.5, 0.6) is 11.5 Å². The Labute approximate surface area is 199 Å². The minimum Gasteiger partial charge on any atom is -0.490 e. The highest BCUT2D eigenvalue weighted by Gasteiger charge is 2.29. The van der Waals surface area contributed by atoms with Gasteiger partial charge in [0.2, 0.25) is 0 Å². The lowest BCUT2D eigenvalue weighted by Gasteiger charge is -2.12. The third-order valence-corrected chi connectivity index (χ3v) is 5.75. The van der Waals surface area contributed by atoms with Crippen LogP contribution in [0, 0.1) is 0 Å². The van der Waals surface area contributed by atoms with Crippen molar-refractivity contribution in [3.05, 3.63) is 81.6 Å². The number of amides is 1. The molecule has 1 aliphatic heterocycles. The molecule has 1 amide bonds. The van der Waals surface area contributed by atoms with Crippen molar-refractivity contribution in [2.45, 2.75) is 13.8 Å². The zero-order valence-corrected chi connectivity index (χ0v) is 19.2. The van der Waals surface area contributed by atoms with E-state index < -0.39 is 11.9 Å². The lowest BCUT2D eigenvalue weighted by Crippen LogP contribution is -2.21. The fraction of sp³-hybridized carbons (Fsp3) is 0.120. The summed E-state index contributed by atoms with van der Waals surface area (Å²) < 4.78 is 11.1. The van der Waals surface area contributed by atoms with E-state index in [-0.39, 0.29) is 17.2 Å². The van der Waals surface area contributed by atoms with Gasteiger partial charge in [0.05, 0.1) is 29.1 Å². The number of hydrazone groups is 1. The number of hydrogen-bond acceptors (Lipinski definition) is 7. The maximum atomic E-state index is 13.1. The summed E-state index contributed by atoms with van der Waals surface area (Å²) in [5.41, 5.74) is 1.91. The first kappa shape index (κ1) is 22.9. The molecule has 34 heavy (non-hydrogen) atoms. The van der Waals surface area contributed by atoms with E-state index in [0.29, 0.717) is 39.8 Å². The molecule has 0 fully saturated rings. The summed E-state index contributed by atoms with van der Waals surface area (Å²) in [4.78, 5) is 37.1. The Bertz CT molecular complexity index is 1330. The number of ether oxygens (including phenoxy) is 2. The fourth-order valence-electron chi connectivity index (χ4n) is 3.31. The summed E-state index contributed by atoms with van der Waals surface area (Å²) >= 11 is 1.28. The van der Waals surface area contributed by atoms with Crippen molar-refractivity contribution in [2.75, 3.05) is 11.6 Å². The first-order valence-corrected chi connectivity index (χ1v) is 11.2. The molecule has 4 rings (SSSR count). The maximum absolute atomic E-state index is 13.1. The second-order valence-corrected chi connectivity index (χ2v) is 8.17. The Balaban J connectivity index is 1.61. The Kier molecular flexibility index (Phi) is 6.55. The lowest BCUT2D eigenvalue weighted by molar-refractivity contribution is -0.114. The molecule has 0 atom stereocenters. The predicted molar refractivity (Wildman–Crippen MR) is 129 cm³/mol. The summed E-state index contributed by atoms with van der Waals surface area (Å²) in [5, 5.41) is 16.5. The lowest BCUT2D eigenvalue weighted by atomic mass is 10.1. The number of aromatic carboxylic acids is 1. The number of benzene rings is 2. The molecule has 1 N–H and O–H groups in total. The second kappa shape index (κ2) is 9.72. The summed E-state index contributed by atoms with van der Waals surface area (Å²) in [6.07, 6.45) is 1.66. The number of thiophene rings is 1. The van der Waals surface area contributed by atoms with Crippen LogP contribution in [0.1, 0.15) is 39.4 Å². The molecule has 1 aliphatic rings. The van der Waals surface area contributed by atoms with Crippen LogP contribution in [0.25, 0.3) is 6.08 Å². The van der Waals surface area contributed by atoms with Gasteiger partial charge in [-0.25, -0.2) is 9.59 Å². The second-order valence-electron chi connectivity index (χ2n) is 7.22. The van der Waals surface area contributed by atoms with E-state index >= 15 is 0 Å². The molecular formula is C25H20N2O6S. The van der Waals surface area contributed by atoms with Crippen LogP contribution in [0.4, 0.5) is 5.69 Å². The third-order valence-electron chi connectivity index (χ3n) is 4.90. The Morgan fingerprint density at radius 3 is 2.65 bits per heavy atom. The van der Waals surface area contributed by atoms with E-state index in [1.165, 1.54) is 28.5 Å². The molecule has 0 radical (unpaired) electrons. The van der Waals surface area contributed by atoms with Crippen molar-refractivity contribution in [1.82, 2.24) is 0 Å². The van der Waals surface area contributed by atoms with Gasteiger partial charge < -0.3 is 14.6 Å². The minimum absolute atomic E-state index is 0.0598. The Morgan fingerprint density at radius 1 is 1.12 bits per heavy atom. The van der Waals surface area contributed by atoms with Gasteiger partial charge in [0.15, 0.2) is 11.5 Å². The number of carboxylic acid groups (broad SMARTS) is 1. The van der Waals surface area contributed by atoms with E-state index in [2.05, 4.69) is 5.10 Å². The van der Waals surface area contributed by atoms with E-state index in [1.54, 1.807) is 60.8 Å².